The molecular weight excluding hydrogens is 480 g/mol. The number of anilines is 2. The SMILES string of the molecule is CCOC(=O)c1ccc2c(c1)C(C)(C)/C(=C\C(=O)/C=C1/N(C)c3ccc(C(=O)OCC)cc3C1(C)C)N2C. The lowest BCUT2D eigenvalue weighted by atomic mass is 9.81. The zero-order chi connectivity index (χ0) is 28.0. The number of ketones is 1. The highest BCUT2D eigenvalue weighted by molar-refractivity contribution is 6.03. The molecular formula is C31H36N2O5. The van der Waals surface area contributed by atoms with E-state index in [1.807, 2.05) is 48.2 Å². The fourth-order valence-electron chi connectivity index (χ4n) is 5.58. The maximum absolute atomic E-state index is 13.5. The Morgan fingerprint density at radius 3 is 1.42 bits per heavy atom. The summed E-state index contributed by atoms with van der Waals surface area (Å²) < 4.78 is 10.4. The van der Waals surface area contributed by atoms with Crippen molar-refractivity contribution in [2.75, 3.05) is 37.1 Å². The molecule has 7 nitrogen and oxygen atoms in total. The fourth-order valence-corrected chi connectivity index (χ4v) is 5.58. The van der Waals surface area contributed by atoms with Gasteiger partial charge in [0.1, 0.15) is 0 Å². The summed E-state index contributed by atoms with van der Waals surface area (Å²) in [5, 5.41) is 0. The van der Waals surface area contributed by atoms with Crippen LogP contribution < -0.4 is 9.80 Å². The number of carbonyl (C=O) groups excluding carboxylic acids is 3. The maximum atomic E-state index is 13.5. The summed E-state index contributed by atoms with van der Waals surface area (Å²) in [6.07, 6.45) is 3.35. The first-order valence-electron chi connectivity index (χ1n) is 12.9. The first kappa shape index (κ1) is 27.2. The molecule has 0 amide bonds. The largest absolute Gasteiger partial charge is 0.462 e. The number of allylic oxidation sites excluding steroid dienone is 4. The minimum absolute atomic E-state index is 0.133. The van der Waals surface area contributed by atoms with E-state index in [2.05, 4.69) is 27.7 Å². The number of hydrogen-bond acceptors (Lipinski definition) is 7. The summed E-state index contributed by atoms with van der Waals surface area (Å²) in [4.78, 5) is 42.1. The van der Waals surface area contributed by atoms with E-state index < -0.39 is 10.8 Å². The number of hydrogen-bond donors (Lipinski definition) is 0. The van der Waals surface area contributed by atoms with Crippen LogP contribution in [0.25, 0.3) is 0 Å². The van der Waals surface area contributed by atoms with Crippen LogP contribution in [0.2, 0.25) is 0 Å². The van der Waals surface area contributed by atoms with Gasteiger partial charge in [0.05, 0.1) is 24.3 Å². The van der Waals surface area contributed by atoms with Gasteiger partial charge in [-0.15, -0.1) is 0 Å². The Hall–Kier alpha value is -3.87. The van der Waals surface area contributed by atoms with E-state index >= 15 is 0 Å². The fraction of sp³-hybridized carbons (Fsp3) is 0.387. The molecule has 0 bridgehead atoms. The van der Waals surface area contributed by atoms with Gasteiger partial charge in [-0.1, -0.05) is 27.7 Å². The molecule has 200 valence electrons. The summed E-state index contributed by atoms with van der Waals surface area (Å²) in [7, 11) is 3.87. The van der Waals surface area contributed by atoms with Gasteiger partial charge in [0.2, 0.25) is 0 Å². The van der Waals surface area contributed by atoms with Crippen LogP contribution >= 0.6 is 0 Å². The Morgan fingerprint density at radius 2 is 1.08 bits per heavy atom. The van der Waals surface area contributed by atoms with Crippen LogP contribution in [0.3, 0.4) is 0 Å². The van der Waals surface area contributed by atoms with Crippen molar-refractivity contribution in [3.8, 4) is 0 Å². The quantitative estimate of drug-likeness (QED) is 0.369. The predicted molar refractivity (Wildman–Crippen MR) is 149 cm³/mol. The monoisotopic (exact) mass is 516 g/mol. The van der Waals surface area contributed by atoms with Gasteiger partial charge < -0.3 is 19.3 Å². The van der Waals surface area contributed by atoms with Gasteiger partial charge >= 0.3 is 11.9 Å². The number of rotatable bonds is 6. The second-order valence-corrected chi connectivity index (χ2v) is 10.7. The van der Waals surface area contributed by atoms with Crippen molar-refractivity contribution >= 4 is 29.1 Å². The highest BCUT2D eigenvalue weighted by Gasteiger charge is 2.41. The lowest BCUT2D eigenvalue weighted by molar-refractivity contribution is -0.110. The van der Waals surface area contributed by atoms with Crippen LogP contribution in [0.1, 0.15) is 73.4 Å². The lowest BCUT2D eigenvalue weighted by Crippen LogP contribution is -2.25. The molecule has 0 fully saturated rings. The first-order valence-corrected chi connectivity index (χ1v) is 12.9. The highest BCUT2D eigenvalue weighted by Crippen LogP contribution is 2.49. The zero-order valence-corrected chi connectivity index (χ0v) is 23.5. The molecule has 0 saturated carbocycles. The molecule has 4 rings (SSSR count). The molecule has 0 unspecified atom stereocenters. The summed E-state index contributed by atoms with van der Waals surface area (Å²) >= 11 is 0. The molecule has 2 aliphatic rings. The van der Waals surface area contributed by atoms with Crippen LogP contribution in [0.15, 0.2) is 59.9 Å². The molecule has 0 aromatic heterocycles. The third-order valence-corrected chi connectivity index (χ3v) is 7.65. The van der Waals surface area contributed by atoms with Gasteiger partial charge in [-0.2, -0.15) is 0 Å². The molecule has 2 heterocycles. The molecule has 2 aromatic rings. The molecule has 2 aliphatic heterocycles. The molecule has 0 saturated heterocycles. The van der Waals surface area contributed by atoms with Crippen molar-refractivity contribution in [2.24, 2.45) is 0 Å². The Labute approximate surface area is 224 Å². The van der Waals surface area contributed by atoms with E-state index in [0.29, 0.717) is 24.3 Å². The predicted octanol–water partition coefficient (Wildman–Crippen LogP) is 5.53. The molecule has 0 aliphatic carbocycles. The summed E-state index contributed by atoms with van der Waals surface area (Å²) in [6.45, 7) is 12.4. The number of nitrogens with zero attached hydrogens (tertiary/aromatic N) is 2. The standard InChI is InChI=1S/C31H36N2O5/c1-9-37-28(35)19-11-13-24-22(15-19)30(3,4)26(32(24)7)17-21(34)18-27-31(5,6)23-16-20(29(36)38-10-2)12-14-25(23)33(27)8/h11-18H,9-10H2,1-8H3/b26-17+,27-18+. The molecule has 2 aromatic carbocycles. The smallest absolute Gasteiger partial charge is 0.338 e. The second-order valence-electron chi connectivity index (χ2n) is 10.7. The number of ether oxygens (including phenoxy) is 2. The second kappa shape index (κ2) is 9.78. The molecule has 7 heteroatoms. The van der Waals surface area contributed by atoms with Gasteiger partial charge in [-0.05, 0) is 61.4 Å². The summed E-state index contributed by atoms with van der Waals surface area (Å²) in [5.74, 6) is -0.847. The number of likely N-dealkylation sites (N-methyl/N-ethyl adjacent to an activating group) is 2. The summed E-state index contributed by atoms with van der Waals surface area (Å²) in [6, 6.07) is 11.0. The van der Waals surface area contributed by atoms with E-state index in [4.69, 9.17) is 9.47 Å². The molecule has 0 spiro atoms. The summed E-state index contributed by atoms with van der Waals surface area (Å²) in [5.41, 5.74) is 5.53. The number of fused-ring (bicyclic) bond motifs is 2. The van der Waals surface area contributed by atoms with Gasteiger partial charge in [0.25, 0.3) is 0 Å². The van der Waals surface area contributed by atoms with E-state index in [-0.39, 0.29) is 17.7 Å². The van der Waals surface area contributed by atoms with Crippen LogP contribution in [0.4, 0.5) is 11.4 Å². The topological polar surface area (TPSA) is 76.2 Å². The molecule has 38 heavy (non-hydrogen) atoms. The van der Waals surface area contributed by atoms with Crippen LogP contribution in [0.5, 0.6) is 0 Å². The van der Waals surface area contributed by atoms with Crippen molar-refractivity contribution in [1.29, 1.82) is 0 Å². The minimum atomic E-state index is -0.491. The van der Waals surface area contributed by atoms with Crippen molar-refractivity contribution in [3.05, 3.63) is 82.2 Å². The minimum Gasteiger partial charge on any atom is -0.462 e. The molecule has 0 atom stereocenters. The highest BCUT2D eigenvalue weighted by atomic mass is 16.5. The number of benzene rings is 2. The van der Waals surface area contributed by atoms with Gasteiger partial charge in [-0.25, -0.2) is 9.59 Å². The van der Waals surface area contributed by atoms with Crippen LogP contribution in [-0.4, -0.2) is 45.0 Å². The van der Waals surface area contributed by atoms with Crippen molar-refractivity contribution in [3.63, 3.8) is 0 Å². The van der Waals surface area contributed by atoms with Crippen molar-refractivity contribution in [1.82, 2.24) is 0 Å². The van der Waals surface area contributed by atoms with Crippen molar-refractivity contribution < 1.29 is 23.9 Å². The number of esters is 2. The Kier molecular flexibility index (Phi) is 6.99. The van der Waals surface area contributed by atoms with Crippen molar-refractivity contribution in [2.45, 2.75) is 52.4 Å². The Balaban J connectivity index is 1.67. The van der Waals surface area contributed by atoms with E-state index in [1.165, 1.54) is 0 Å². The van der Waals surface area contributed by atoms with Gasteiger partial charge in [0.15, 0.2) is 5.78 Å². The van der Waals surface area contributed by atoms with E-state index in [9.17, 15) is 14.4 Å². The van der Waals surface area contributed by atoms with Crippen LogP contribution in [-0.2, 0) is 25.1 Å². The third-order valence-electron chi connectivity index (χ3n) is 7.65. The van der Waals surface area contributed by atoms with Crippen LogP contribution in [0, 0.1) is 0 Å². The van der Waals surface area contributed by atoms with E-state index in [1.54, 1.807) is 38.1 Å². The first-order chi connectivity index (χ1) is 17.8. The average molecular weight is 517 g/mol. The van der Waals surface area contributed by atoms with Gasteiger partial charge in [0, 0.05) is 59.8 Å². The molecule has 0 radical (unpaired) electrons. The Morgan fingerprint density at radius 1 is 0.711 bits per heavy atom. The van der Waals surface area contributed by atoms with E-state index in [0.717, 1.165) is 33.9 Å². The van der Waals surface area contributed by atoms with Gasteiger partial charge in [-0.3, -0.25) is 4.79 Å². The average Bonchev–Trinajstić information content (AvgIpc) is 3.18. The normalized spacial score (nSPS) is 18.9. The number of carbonyl (C=O) groups is 3. The molecule has 0 N–H and O–H groups in total. The third kappa shape index (κ3) is 4.40. The Bertz CT molecular complexity index is 1280. The zero-order valence-electron chi connectivity index (χ0n) is 23.5. The maximum Gasteiger partial charge on any atom is 0.338 e. The lowest BCUT2D eigenvalue weighted by Gasteiger charge is -2.25.